The van der Waals surface area contributed by atoms with E-state index in [2.05, 4.69) is 0 Å². The summed E-state index contributed by atoms with van der Waals surface area (Å²) in [7, 11) is 1.51. The van der Waals surface area contributed by atoms with Crippen LogP contribution in [0.3, 0.4) is 0 Å². The molecule has 2 unspecified atom stereocenters. The summed E-state index contributed by atoms with van der Waals surface area (Å²) in [5.41, 5.74) is 0.480. The second kappa shape index (κ2) is 5.80. The molecule has 1 fully saturated rings. The van der Waals surface area contributed by atoms with E-state index in [-0.39, 0.29) is 11.8 Å². The SMILES string of the molecule is COc1cc(Cl)ccc1C(=O)N1CCC(C)C(O)C1. The Labute approximate surface area is 117 Å². The van der Waals surface area contributed by atoms with Crippen LogP contribution in [0.5, 0.6) is 5.75 Å². The molecule has 5 heteroatoms. The monoisotopic (exact) mass is 283 g/mol. The molecule has 0 aliphatic carbocycles. The molecule has 2 atom stereocenters. The summed E-state index contributed by atoms with van der Waals surface area (Å²) in [5, 5.41) is 10.4. The van der Waals surface area contributed by atoms with Gasteiger partial charge < -0.3 is 14.7 Å². The Bertz CT molecular complexity index is 478. The van der Waals surface area contributed by atoms with Crippen molar-refractivity contribution in [2.45, 2.75) is 19.4 Å². The van der Waals surface area contributed by atoms with Crippen LogP contribution in [-0.2, 0) is 0 Å². The van der Waals surface area contributed by atoms with E-state index >= 15 is 0 Å². The molecule has 0 saturated carbocycles. The van der Waals surface area contributed by atoms with E-state index in [1.807, 2.05) is 6.92 Å². The first kappa shape index (κ1) is 14.2. The van der Waals surface area contributed by atoms with Crippen LogP contribution in [-0.4, -0.2) is 42.2 Å². The number of hydrogen-bond acceptors (Lipinski definition) is 3. The lowest BCUT2D eigenvalue weighted by Crippen LogP contribution is -2.45. The van der Waals surface area contributed by atoms with Crippen LogP contribution in [0.25, 0.3) is 0 Å². The van der Waals surface area contributed by atoms with Crippen molar-refractivity contribution in [2.24, 2.45) is 5.92 Å². The van der Waals surface area contributed by atoms with Gasteiger partial charge in [0.05, 0.1) is 18.8 Å². The minimum Gasteiger partial charge on any atom is -0.496 e. The standard InChI is InChI=1S/C14H18ClNO3/c1-9-5-6-16(8-12(9)17)14(18)11-4-3-10(15)7-13(11)19-2/h3-4,7,9,12,17H,5-6,8H2,1-2H3. The number of β-amino-alcohol motifs (C(OH)–C–C–N with tert-alkyl or cyclic N) is 1. The number of carbonyl (C=O) groups excluding carboxylic acids is 1. The molecule has 1 N–H and O–H groups in total. The first-order valence-corrected chi connectivity index (χ1v) is 6.71. The fourth-order valence-corrected chi connectivity index (χ4v) is 2.41. The molecule has 2 rings (SSSR count). The van der Waals surface area contributed by atoms with Crippen molar-refractivity contribution < 1.29 is 14.6 Å². The quantitative estimate of drug-likeness (QED) is 0.905. The average molecular weight is 284 g/mol. The first-order chi connectivity index (χ1) is 9.02. The normalized spacial score (nSPS) is 23.3. The van der Waals surface area contributed by atoms with Crippen LogP contribution in [0.1, 0.15) is 23.7 Å². The number of nitrogens with zero attached hydrogens (tertiary/aromatic N) is 1. The first-order valence-electron chi connectivity index (χ1n) is 6.33. The molecule has 1 aliphatic heterocycles. The Hall–Kier alpha value is -1.26. The molecule has 1 aromatic rings. The van der Waals surface area contributed by atoms with E-state index in [1.54, 1.807) is 23.1 Å². The highest BCUT2D eigenvalue weighted by atomic mass is 35.5. The van der Waals surface area contributed by atoms with Crippen molar-refractivity contribution in [3.8, 4) is 5.75 Å². The molecule has 4 nitrogen and oxygen atoms in total. The molecular formula is C14H18ClNO3. The van der Waals surface area contributed by atoms with Crippen LogP contribution >= 0.6 is 11.6 Å². The third kappa shape index (κ3) is 3.01. The summed E-state index contributed by atoms with van der Waals surface area (Å²) in [5.74, 6) is 0.571. The Morgan fingerprint density at radius 1 is 1.53 bits per heavy atom. The number of benzene rings is 1. The Morgan fingerprint density at radius 3 is 2.89 bits per heavy atom. The van der Waals surface area contributed by atoms with Gasteiger partial charge in [0.1, 0.15) is 5.75 Å². The van der Waals surface area contributed by atoms with Gasteiger partial charge in [0.15, 0.2) is 0 Å². The zero-order valence-corrected chi connectivity index (χ0v) is 11.9. The number of halogens is 1. The van der Waals surface area contributed by atoms with Crippen molar-refractivity contribution in [3.63, 3.8) is 0 Å². The molecule has 1 amide bonds. The highest BCUT2D eigenvalue weighted by Gasteiger charge is 2.29. The van der Waals surface area contributed by atoms with Crippen molar-refractivity contribution in [3.05, 3.63) is 28.8 Å². The van der Waals surface area contributed by atoms with Gasteiger partial charge in [0.2, 0.25) is 0 Å². The summed E-state index contributed by atoms with van der Waals surface area (Å²) < 4.78 is 5.19. The second-order valence-corrected chi connectivity index (χ2v) is 5.37. The van der Waals surface area contributed by atoms with E-state index in [0.29, 0.717) is 29.4 Å². The predicted octanol–water partition coefficient (Wildman–Crippen LogP) is 2.19. The van der Waals surface area contributed by atoms with Crippen LogP contribution in [0.2, 0.25) is 5.02 Å². The van der Waals surface area contributed by atoms with E-state index in [4.69, 9.17) is 16.3 Å². The summed E-state index contributed by atoms with van der Waals surface area (Å²) in [4.78, 5) is 14.1. The molecule has 0 radical (unpaired) electrons. The van der Waals surface area contributed by atoms with Crippen molar-refractivity contribution >= 4 is 17.5 Å². The summed E-state index contributed by atoms with van der Waals surface area (Å²) in [6.07, 6.45) is 0.346. The zero-order chi connectivity index (χ0) is 14.0. The molecule has 19 heavy (non-hydrogen) atoms. The summed E-state index contributed by atoms with van der Waals surface area (Å²) in [6, 6.07) is 4.95. The van der Waals surface area contributed by atoms with Gasteiger partial charge in [-0.3, -0.25) is 4.79 Å². The Balaban J connectivity index is 2.20. The number of aliphatic hydroxyl groups excluding tert-OH is 1. The van der Waals surface area contributed by atoms with Gasteiger partial charge >= 0.3 is 0 Å². The maximum absolute atomic E-state index is 12.4. The Kier molecular flexibility index (Phi) is 4.32. The molecule has 1 heterocycles. The van der Waals surface area contributed by atoms with Crippen LogP contribution < -0.4 is 4.74 Å². The van der Waals surface area contributed by atoms with Gasteiger partial charge in [0, 0.05) is 18.1 Å². The maximum atomic E-state index is 12.4. The van der Waals surface area contributed by atoms with Gasteiger partial charge in [-0.15, -0.1) is 0 Å². The van der Waals surface area contributed by atoms with Crippen LogP contribution in [0.4, 0.5) is 0 Å². The number of amides is 1. The number of likely N-dealkylation sites (tertiary alicyclic amines) is 1. The molecule has 0 spiro atoms. The molecule has 0 bridgehead atoms. The molecule has 1 aliphatic rings. The lowest BCUT2D eigenvalue weighted by Gasteiger charge is -2.34. The molecule has 1 aromatic carbocycles. The van der Waals surface area contributed by atoms with Crippen molar-refractivity contribution in [1.82, 2.24) is 4.90 Å². The van der Waals surface area contributed by atoms with Crippen molar-refractivity contribution in [2.75, 3.05) is 20.2 Å². The number of ether oxygens (including phenoxy) is 1. The van der Waals surface area contributed by atoms with E-state index in [0.717, 1.165) is 6.42 Å². The lowest BCUT2D eigenvalue weighted by atomic mass is 9.95. The van der Waals surface area contributed by atoms with Crippen molar-refractivity contribution in [1.29, 1.82) is 0 Å². The van der Waals surface area contributed by atoms with Gasteiger partial charge in [-0.25, -0.2) is 0 Å². The predicted molar refractivity (Wildman–Crippen MR) is 73.7 cm³/mol. The lowest BCUT2D eigenvalue weighted by molar-refractivity contribution is 0.0247. The molecule has 1 saturated heterocycles. The number of carbonyl (C=O) groups is 1. The number of piperidine rings is 1. The largest absolute Gasteiger partial charge is 0.496 e. The third-order valence-electron chi connectivity index (χ3n) is 3.60. The van der Waals surface area contributed by atoms with Gasteiger partial charge in [-0.05, 0) is 30.5 Å². The van der Waals surface area contributed by atoms with Crippen LogP contribution in [0.15, 0.2) is 18.2 Å². The van der Waals surface area contributed by atoms with E-state index in [1.165, 1.54) is 7.11 Å². The van der Waals surface area contributed by atoms with Gasteiger partial charge in [-0.1, -0.05) is 18.5 Å². The highest BCUT2D eigenvalue weighted by Crippen LogP contribution is 2.26. The third-order valence-corrected chi connectivity index (χ3v) is 3.83. The van der Waals surface area contributed by atoms with E-state index < -0.39 is 6.10 Å². The number of rotatable bonds is 2. The highest BCUT2D eigenvalue weighted by molar-refractivity contribution is 6.30. The minimum atomic E-state index is -0.462. The molecule has 0 aromatic heterocycles. The topological polar surface area (TPSA) is 49.8 Å². The zero-order valence-electron chi connectivity index (χ0n) is 11.1. The second-order valence-electron chi connectivity index (χ2n) is 4.93. The number of hydrogen-bond donors (Lipinski definition) is 1. The smallest absolute Gasteiger partial charge is 0.257 e. The average Bonchev–Trinajstić information content (AvgIpc) is 2.41. The maximum Gasteiger partial charge on any atom is 0.257 e. The molecule has 104 valence electrons. The summed E-state index contributed by atoms with van der Waals surface area (Å²) in [6.45, 7) is 3.02. The van der Waals surface area contributed by atoms with Gasteiger partial charge in [-0.2, -0.15) is 0 Å². The number of methoxy groups -OCH3 is 1. The minimum absolute atomic E-state index is 0.125. The van der Waals surface area contributed by atoms with E-state index in [9.17, 15) is 9.90 Å². The fourth-order valence-electron chi connectivity index (χ4n) is 2.25. The fraction of sp³-hybridized carbons (Fsp3) is 0.500. The summed E-state index contributed by atoms with van der Waals surface area (Å²) >= 11 is 5.88. The van der Waals surface area contributed by atoms with Crippen LogP contribution in [0, 0.1) is 5.92 Å². The molecular weight excluding hydrogens is 266 g/mol. The number of aliphatic hydroxyl groups is 1. The Morgan fingerprint density at radius 2 is 2.26 bits per heavy atom. The van der Waals surface area contributed by atoms with Gasteiger partial charge in [0.25, 0.3) is 5.91 Å².